The SMILES string of the molecule is CC(C)c1nccn1Cc1cc(C(=O)N2CCn3cccc3C2C)n[nH]1. The number of hydrogen-bond donors (Lipinski definition) is 1. The fraction of sp³-hybridized carbons (Fsp3) is 0.421. The van der Waals surface area contributed by atoms with E-state index in [1.807, 2.05) is 29.4 Å². The number of aromatic amines is 1. The van der Waals surface area contributed by atoms with Crippen molar-refractivity contribution in [2.45, 2.75) is 45.8 Å². The molecule has 0 aromatic carbocycles. The van der Waals surface area contributed by atoms with Crippen LogP contribution in [0.15, 0.2) is 36.8 Å². The van der Waals surface area contributed by atoms with E-state index in [1.54, 1.807) is 0 Å². The van der Waals surface area contributed by atoms with Crippen molar-refractivity contribution in [2.24, 2.45) is 0 Å². The molecule has 0 bridgehead atoms. The van der Waals surface area contributed by atoms with E-state index in [1.165, 1.54) is 5.69 Å². The summed E-state index contributed by atoms with van der Waals surface area (Å²) >= 11 is 0. The zero-order valence-corrected chi connectivity index (χ0v) is 15.4. The van der Waals surface area contributed by atoms with Gasteiger partial charge in [0.2, 0.25) is 0 Å². The van der Waals surface area contributed by atoms with E-state index < -0.39 is 0 Å². The van der Waals surface area contributed by atoms with Crippen LogP contribution in [-0.4, -0.2) is 41.7 Å². The number of amides is 1. The Morgan fingerprint density at radius 2 is 2.19 bits per heavy atom. The van der Waals surface area contributed by atoms with Gasteiger partial charge in [0, 0.05) is 43.3 Å². The van der Waals surface area contributed by atoms with Crippen LogP contribution in [0.4, 0.5) is 0 Å². The maximum absolute atomic E-state index is 12.9. The fourth-order valence-corrected chi connectivity index (χ4v) is 3.69. The number of nitrogens with one attached hydrogen (secondary N) is 1. The van der Waals surface area contributed by atoms with Gasteiger partial charge in [-0.3, -0.25) is 9.89 Å². The maximum Gasteiger partial charge on any atom is 0.274 e. The summed E-state index contributed by atoms with van der Waals surface area (Å²) in [5.74, 6) is 1.35. The zero-order chi connectivity index (χ0) is 18.3. The van der Waals surface area contributed by atoms with Gasteiger partial charge >= 0.3 is 0 Å². The summed E-state index contributed by atoms with van der Waals surface area (Å²) in [5.41, 5.74) is 2.54. The Balaban J connectivity index is 1.51. The minimum Gasteiger partial charge on any atom is -0.348 e. The highest BCUT2D eigenvalue weighted by molar-refractivity contribution is 5.92. The van der Waals surface area contributed by atoms with E-state index in [2.05, 4.69) is 57.3 Å². The first-order valence-corrected chi connectivity index (χ1v) is 9.06. The number of hydrogen-bond acceptors (Lipinski definition) is 3. The third-order valence-corrected chi connectivity index (χ3v) is 5.06. The van der Waals surface area contributed by atoms with Crippen molar-refractivity contribution < 1.29 is 4.79 Å². The minimum absolute atomic E-state index is 0.0258. The molecule has 0 saturated heterocycles. The molecule has 7 nitrogen and oxygen atoms in total. The number of fused-ring (bicyclic) bond motifs is 1. The molecule has 1 atom stereocenters. The molecule has 0 spiro atoms. The van der Waals surface area contributed by atoms with Crippen LogP contribution in [-0.2, 0) is 13.1 Å². The summed E-state index contributed by atoms with van der Waals surface area (Å²) in [5, 5.41) is 7.28. The largest absolute Gasteiger partial charge is 0.348 e. The number of H-pyrrole nitrogens is 1. The van der Waals surface area contributed by atoms with Crippen LogP contribution in [0, 0.1) is 0 Å². The highest BCUT2D eigenvalue weighted by Gasteiger charge is 2.29. The zero-order valence-electron chi connectivity index (χ0n) is 15.4. The normalized spacial score (nSPS) is 16.9. The average molecular weight is 352 g/mol. The highest BCUT2D eigenvalue weighted by atomic mass is 16.2. The first-order chi connectivity index (χ1) is 12.5. The molecule has 136 valence electrons. The van der Waals surface area contributed by atoms with E-state index in [9.17, 15) is 4.79 Å². The van der Waals surface area contributed by atoms with Crippen molar-refractivity contribution in [3.05, 3.63) is 59.7 Å². The number of nitrogens with zero attached hydrogens (tertiary/aromatic N) is 5. The third kappa shape index (κ3) is 2.83. The summed E-state index contributed by atoms with van der Waals surface area (Å²) in [6, 6.07) is 6.01. The van der Waals surface area contributed by atoms with Gasteiger partial charge in [0.1, 0.15) is 11.5 Å². The molecule has 0 saturated carbocycles. The fourth-order valence-electron chi connectivity index (χ4n) is 3.69. The van der Waals surface area contributed by atoms with Gasteiger partial charge in [-0.2, -0.15) is 5.10 Å². The van der Waals surface area contributed by atoms with Crippen LogP contribution in [0.1, 0.15) is 60.4 Å². The van der Waals surface area contributed by atoms with Crippen LogP contribution in [0.25, 0.3) is 0 Å². The van der Waals surface area contributed by atoms with Crippen molar-refractivity contribution in [1.82, 2.24) is 29.2 Å². The molecule has 4 rings (SSSR count). The second kappa shape index (κ2) is 6.48. The molecule has 1 unspecified atom stereocenters. The molecule has 1 aliphatic rings. The average Bonchev–Trinajstić information content (AvgIpc) is 3.35. The molecule has 0 aliphatic carbocycles. The van der Waals surface area contributed by atoms with E-state index >= 15 is 0 Å². The van der Waals surface area contributed by atoms with Gasteiger partial charge in [-0.05, 0) is 25.1 Å². The molecule has 7 heteroatoms. The van der Waals surface area contributed by atoms with E-state index in [-0.39, 0.29) is 11.9 Å². The Labute approximate surface area is 152 Å². The molecule has 0 fully saturated rings. The van der Waals surface area contributed by atoms with Crippen LogP contribution in [0.3, 0.4) is 0 Å². The topological polar surface area (TPSA) is 71.7 Å². The Kier molecular flexibility index (Phi) is 4.14. The number of rotatable bonds is 4. The van der Waals surface area contributed by atoms with Crippen molar-refractivity contribution in [3.63, 3.8) is 0 Å². The monoisotopic (exact) mass is 352 g/mol. The van der Waals surface area contributed by atoms with Gasteiger partial charge in [0.25, 0.3) is 5.91 Å². The predicted octanol–water partition coefficient (Wildman–Crippen LogP) is 2.80. The molecule has 26 heavy (non-hydrogen) atoms. The Morgan fingerprint density at radius 1 is 1.35 bits per heavy atom. The lowest BCUT2D eigenvalue weighted by atomic mass is 10.1. The molecule has 1 aliphatic heterocycles. The van der Waals surface area contributed by atoms with Gasteiger partial charge < -0.3 is 14.0 Å². The number of carbonyl (C=O) groups excluding carboxylic acids is 1. The van der Waals surface area contributed by atoms with Crippen molar-refractivity contribution in [2.75, 3.05) is 6.54 Å². The molecular formula is C19H24N6O. The van der Waals surface area contributed by atoms with Crippen LogP contribution in [0.2, 0.25) is 0 Å². The Morgan fingerprint density at radius 3 is 3.00 bits per heavy atom. The second-order valence-corrected chi connectivity index (χ2v) is 7.15. The van der Waals surface area contributed by atoms with Gasteiger partial charge in [0.05, 0.1) is 18.3 Å². The summed E-state index contributed by atoms with van der Waals surface area (Å²) in [6.45, 7) is 8.46. The quantitative estimate of drug-likeness (QED) is 0.785. The molecule has 0 radical (unpaired) electrons. The first kappa shape index (κ1) is 16.6. The number of carbonyl (C=O) groups is 1. The molecular weight excluding hydrogens is 328 g/mol. The van der Waals surface area contributed by atoms with Crippen molar-refractivity contribution >= 4 is 5.91 Å². The Hall–Kier alpha value is -2.83. The number of aromatic nitrogens is 5. The number of imidazole rings is 1. The summed E-state index contributed by atoms with van der Waals surface area (Å²) in [7, 11) is 0. The van der Waals surface area contributed by atoms with Gasteiger partial charge in [-0.25, -0.2) is 4.98 Å². The highest BCUT2D eigenvalue weighted by Crippen LogP contribution is 2.26. The summed E-state index contributed by atoms with van der Waals surface area (Å²) in [6.07, 6.45) is 5.83. The second-order valence-electron chi connectivity index (χ2n) is 7.15. The first-order valence-electron chi connectivity index (χ1n) is 9.06. The summed E-state index contributed by atoms with van der Waals surface area (Å²) in [4.78, 5) is 19.2. The van der Waals surface area contributed by atoms with E-state index in [4.69, 9.17) is 0 Å². The van der Waals surface area contributed by atoms with Crippen LogP contribution < -0.4 is 0 Å². The lowest BCUT2D eigenvalue weighted by Crippen LogP contribution is -2.40. The molecule has 1 N–H and O–H groups in total. The van der Waals surface area contributed by atoms with Crippen LogP contribution >= 0.6 is 0 Å². The lowest BCUT2D eigenvalue weighted by molar-refractivity contribution is 0.0638. The standard InChI is InChI=1S/C19H24N6O/c1-13(2)18-20-6-8-24(18)12-15-11-16(22-21-15)19(26)25-10-9-23-7-4-5-17(23)14(25)3/h4-8,11,13-14H,9-10,12H2,1-3H3,(H,21,22). The Bertz CT molecular complexity index is 918. The molecule has 3 aromatic rings. The summed E-state index contributed by atoms with van der Waals surface area (Å²) < 4.78 is 4.29. The van der Waals surface area contributed by atoms with Gasteiger partial charge in [-0.15, -0.1) is 0 Å². The van der Waals surface area contributed by atoms with Crippen LogP contribution in [0.5, 0.6) is 0 Å². The van der Waals surface area contributed by atoms with Gasteiger partial charge in [-0.1, -0.05) is 13.8 Å². The smallest absolute Gasteiger partial charge is 0.274 e. The molecule has 4 heterocycles. The van der Waals surface area contributed by atoms with Crippen molar-refractivity contribution in [3.8, 4) is 0 Å². The van der Waals surface area contributed by atoms with E-state index in [0.29, 0.717) is 24.7 Å². The van der Waals surface area contributed by atoms with Gasteiger partial charge in [0.15, 0.2) is 0 Å². The lowest BCUT2D eigenvalue weighted by Gasteiger charge is -2.34. The minimum atomic E-state index is -0.0258. The maximum atomic E-state index is 12.9. The van der Waals surface area contributed by atoms with Crippen molar-refractivity contribution in [1.29, 1.82) is 0 Å². The molecule has 3 aromatic heterocycles. The third-order valence-electron chi connectivity index (χ3n) is 5.06. The predicted molar refractivity (Wildman–Crippen MR) is 97.9 cm³/mol. The van der Waals surface area contributed by atoms with E-state index in [0.717, 1.165) is 18.1 Å². The molecule has 1 amide bonds.